The molecule has 2 aliphatic rings. The van der Waals surface area contributed by atoms with Crippen LogP contribution in [-0.4, -0.2) is 55.3 Å². The van der Waals surface area contributed by atoms with Gasteiger partial charge in [-0.05, 0) is 76.6 Å². The van der Waals surface area contributed by atoms with Crippen molar-refractivity contribution >= 4 is 17.7 Å². The lowest BCUT2D eigenvalue weighted by Crippen LogP contribution is -2.53. The maximum Gasteiger partial charge on any atom is 0.410 e. The zero-order valence-corrected chi connectivity index (χ0v) is 18.1. The number of methoxy groups -OCH3 is 1. The molecule has 1 aromatic carbocycles. The highest BCUT2D eigenvalue weighted by Gasteiger charge is 2.34. The molecule has 6 heteroatoms. The van der Waals surface area contributed by atoms with Gasteiger partial charge >= 0.3 is 12.1 Å². The van der Waals surface area contributed by atoms with E-state index in [2.05, 4.69) is 4.90 Å². The summed E-state index contributed by atoms with van der Waals surface area (Å²) in [6.07, 6.45) is 5.47. The molecule has 3 rings (SSSR count). The first-order chi connectivity index (χ1) is 13.8. The Balaban J connectivity index is 1.71. The van der Waals surface area contributed by atoms with Gasteiger partial charge in [-0.25, -0.2) is 9.59 Å². The van der Waals surface area contributed by atoms with Crippen LogP contribution in [0.4, 0.5) is 10.5 Å². The molecule has 0 aromatic heterocycles. The van der Waals surface area contributed by atoms with Crippen LogP contribution >= 0.6 is 0 Å². The average molecular weight is 403 g/mol. The molecule has 1 aromatic rings. The first kappa shape index (κ1) is 21.5. The second kappa shape index (κ2) is 9.06. The third-order valence-corrected chi connectivity index (χ3v) is 5.80. The Bertz CT molecular complexity index is 707. The maximum absolute atomic E-state index is 13.0. The summed E-state index contributed by atoms with van der Waals surface area (Å²) in [5.41, 5.74) is 1.12. The van der Waals surface area contributed by atoms with Crippen molar-refractivity contribution in [2.45, 2.75) is 64.5 Å². The van der Waals surface area contributed by atoms with Gasteiger partial charge in [0.05, 0.1) is 18.7 Å². The van der Waals surface area contributed by atoms with E-state index in [0.29, 0.717) is 11.5 Å². The van der Waals surface area contributed by atoms with Crippen molar-refractivity contribution in [2.75, 3.05) is 31.6 Å². The Kier molecular flexibility index (Phi) is 6.70. The fraction of sp³-hybridized carbons (Fsp3) is 0.652. The highest BCUT2D eigenvalue weighted by Crippen LogP contribution is 2.31. The quantitative estimate of drug-likeness (QED) is 0.680. The van der Waals surface area contributed by atoms with Crippen molar-refractivity contribution in [2.24, 2.45) is 5.92 Å². The van der Waals surface area contributed by atoms with Gasteiger partial charge in [0, 0.05) is 25.3 Å². The Morgan fingerprint density at radius 3 is 2.34 bits per heavy atom. The zero-order chi connectivity index (χ0) is 21.0. The van der Waals surface area contributed by atoms with Gasteiger partial charge in [0.15, 0.2) is 0 Å². The minimum atomic E-state index is -0.493. The molecular formula is C23H34N2O4. The average Bonchev–Trinajstić information content (AvgIpc) is 2.65. The van der Waals surface area contributed by atoms with Gasteiger partial charge in [0.1, 0.15) is 5.60 Å². The lowest BCUT2D eigenvalue weighted by molar-refractivity contribution is 0.00734. The van der Waals surface area contributed by atoms with E-state index in [1.807, 2.05) is 37.8 Å². The largest absolute Gasteiger partial charge is 0.465 e. The molecule has 0 radical (unpaired) electrons. The minimum Gasteiger partial charge on any atom is -0.465 e. The van der Waals surface area contributed by atoms with E-state index >= 15 is 0 Å². The first-order valence-electron chi connectivity index (χ1n) is 10.7. The Morgan fingerprint density at radius 2 is 1.79 bits per heavy atom. The molecule has 1 heterocycles. The summed E-state index contributed by atoms with van der Waals surface area (Å²) >= 11 is 0. The van der Waals surface area contributed by atoms with Crippen molar-refractivity contribution in [3.63, 3.8) is 0 Å². The predicted molar refractivity (Wildman–Crippen MR) is 113 cm³/mol. The number of nitrogens with zero attached hydrogens (tertiary/aromatic N) is 2. The topological polar surface area (TPSA) is 59.1 Å². The van der Waals surface area contributed by atoms with E-state index in [9.17, 15) is 9.59 Å². The van der Waals surface area contributed by atoms with E-state index in [0.717, 1.165) is 38.2 Å². The van der Waals surface area contributed by atoms with E-state index in [4.69, 9.17) is 9.47 Å². The fourth-order valence-corrected chi connectivity index (χ4v) is 4.02. The molecule has 0 N–H and O–H groups in total. The molecule has 0 spiro atoms. The zero-order valence-electron chi connectivity index (χ0n) is 18.1. The predicted octanol–water partition coefficient (Wildman–Crippen LogP) is 4.48. The first-order valence-corrected chi connectivity index (χ1v) is 10.7. The second-order valence-corrected chi connectivity index (χ2v) is 9.21. The molecule has 1 aliphatic heterocycles. The molecule has 1 amide bonds. The number of anilines is 1. The van der Waals surface area contributed by atoms with Crippen LogP contribution in [-0.2, 0) is 9.47 Å². The van der Waals surface area contributed by atoms with Crippen LogP contribution in [0.5, 0.6) is 0 Å². The van der Waals surface area contributed by atoms with E-state index in [1.165, 1.54) is 26.4 Å². The SMILES string of the molecule is COC(=O)c1ccc(N2CCC[C@@H](N(CC3CCC3)C(=O)OC(C)(C)C)C2)cc1. The van der Waals surface area contributed by atoms with Crippen molar-refractivity contribution in [3.05, 3.63) is 29.8 Å². The number of benzene rings is 1. The number of carbonyl (C=O) groups excluding carboxylic acids is 2. The molecule has 1 saturated heterocycles. The number of rotatable bonds is 5. The summed E-state index contributed by atoms with van der Waals surface area (Å²) in [6, 6.07) is 7.64. The molecular weight excluding hydrogens is 368 g/mol. The van der Waals surface area contributed by atoms with Gasteiger partial charge in [-0.15, -0.1) is 0 Å². The maximum atomic E-state index is 13.0. The number of ether oxygens (including phenoxy) is 2. The number of carbonyl (C=O) groups is 2. The number of esters is 1. The molecule has 29 heavy (non-hydrogen) atoms. The van der Waals surface area contributed by atoms with Gasteiger partial charge in [-0.2, -0.15) is 0 Å². The molecule has 2 fully saturated rings. The van der Waals surface area contributed by atoms with Crippen LogP contribution < -0.4 is 4.90 Å². The summed E-state index contributed by atoms with van der Waals surface area (Å²) in [5.74, 6) is 0.266. The summed E-state index contributed by atoms with van der Waals surface area (Å²) in [5, 5.41) is 0. The Hall–Kier alpha value is -2.24. The van der Waals surface area contributed by atoms with Crippen LogP contribution in [0.1, 0.15) is 63.2 Å². The molecule has 1 aliphatic carbocycles. The van der Waals surface area contributed by atoms with Gasteiger partial charge in [-0.1, -0.05) is 6.42 Å². The minimum absolute atomic E-state index is 0.138. The molecule has 160 valence electrons. The third kappa shape index (κ3) is 5.64. The number of piperidine rings is 1. The smallest absolute Gasteiger partial charge is 0.410 e. The van der Waals surface area contributed by atoms with Gasteiger partial charge in [0.25, 0.3) is 0 Å². The summed E-state index contributed by atoms with van der Waals surface area (Å²) in [4.78, 5) is 28.9. The molecule has 0 unspecified atom stereocenters. The summed E-state index contributed by atoms with van der Waals surface area (Å²) in [6.45, 7) is 8.27. The van der Waals surface area contributed by atoms with E-state index in [-0.39, 0.29) is 18.1 Å². The van der Waals surface area contributed by atoms with E-state index in [1.54, 1.807) is 12.1 Å². The second-order valence-electron chi connectivity index (χ2n) is 9.21. The molecule has 1 saturated carbocycles. The number of amides is 1. The van der Waals surface area contributed by atoms with Crippen LogP contribution in [0.15, 0.2) is 24.3 Å². The summed E-state index contributed by atoms with van der Waals surface area (Å²) < 4.78 is 10.5. The van der Waals surface area contributed by atoms with Gasteiger partial charge in [0.2, 0.25) is 0 Å². The van der Waals surface area contributed by atoms with Crippen molar-refractivity contribution in [3.8, 4) is 0 Å². The normalized spacial score (nSPS) is 20.0. The molecule has 6 nitrogen and oxygen atoms in total. The van der Waals surface area contributed by atoms with Crippen LogP contribution in [0.25, 0.3) is 0 Å². The van der Waals surface area contributed by atoms with Crippen LogP contribution in [0.3, 0.4) is 0 Å². The standard InChI is InChI=1S/C23H34N2O4/c1-23(2,3)29-22(27)25(15-17-7-5-8-17)20-9-6-14-24(16-20)19-12-10-18(11-13-19)21(26)28-4/h10-13,17,20H,5-9,14-16H2,1-4H3/t20-/m1/s1. The van der Waals surface area contributed by atoms with Gasteiger partial charge in [-0.3, -0.25) is 0 Å². The monoisotopic (exact) mass is 402 g/mol. The molecule has 0 bridgehead atoms. The third-order valence-electron chi connectivity index (χ3n) is 5.80. The fourth-order valence-electron chi connectivity index (χ4n) is 4.02. The van der Waals surface area contributed by atoms with Crippen LogP contribution in [0, 0.1) is 5.92 Å². The van der Waals surface area contributed by atoms with Crippen molar-refractivity contribution in [1.29, 1.82) is 0 Å². The lowest BCUT2D eigenvalue weighted by atomic mass is 9.84. The highest BCUT2D eigenvalue weighted by atomic mass is 16.6. The van der Waals surface area contributed by atoms with Gasteiger partial charge < -0.3 is 19.3 Å². The Morgan fingerprint density at radius 1 is 1.10 bits per heavy atom. The van der Waals surface area contributed by atoms with E-state index < -0.39 is 5.60 Å². The van der Waals surface area contributed by atoms with Crippen molar-refractivity contribution < 1.29 is 19.1 Å². The lowest BCUT2D eigenvalue weighted by Gasteiger charge is -2.43. The highest BCUT2D eigenvalue weighted by molar-refractivity contribution is 5.89. The van der Waals surface area contributed by atoms with Crippen molar-refractivity contribution in [1.82, 2.24) is 4.90 Å². The molecule has 1 atom stereocenters. The number of hydrogen-bond donors (Lipinski definition) is 0. The Labute approximate surface area is 174 Å². The van der Waals surface area contributed by atoms with Crippen LogP contribution in [0.2, 0.25) is 0 Å². The summed E-state index contributed by atoms with van der Waals surface area (Å²) in [7, 11) is 1.39. The number of hydrogen-bond acceptors (Lipinski definition) is 5.